The van der Waals surface area contributed by atoms with Gasteiger partial charge in [-0.3, -0.25) is 9.89 Å². The Morgan fingerprint density at radius 2 is 2.10 bits per heavy atom. The third-order valence-corrected chi connectivity index (χ3v) is 5.82. The van der Waals surface area contributed by atoms with E-state index in [0.717, 1.165) is 30.4 Å². The van der Waals surface area contributed by atoms with E-state index in [2.05, 4.69) is 25.5 Å². The molecule has 0 spiro atoms. The number of anilines is 1. The second kappa shape index (κ2) is 9.36. The zero-order chi connectivity index (χ0) is 20.9. The van der Waals surface area contributed by atoms with E-state index in [1.165, 1.54) is 0 Å². The van der Waals surface area contributed by atoms with E-state index < -0.39 is 5.91 Å². The summed E-state index contributed by atoms with van der Waals surface area (Å²) in [6.07, 6.45) is 5.08. The Morgan fingerprint density at radius 1 is 1.27 bits per heavy atom. The van der Waals surface area contributed by atoms with E-state index in [0.29, 0.717) is 18.1 Å². The quantitative estimate of drug-likeness (QED) is 0.583. The van der Waals surface area contributed by atoms with Crippen molar-refractivity contribution in [1.29, 1.82) is 0 Å². The summed E-state index contributed by atoms with van der Waals surface area (Å²) in [6, 6.07) is 13.7. The van der Waals surface area contributed by atoms with Gasteiger partial charge in [0.15, 0.2) is 0 Å². The van der Waals surface area contributed by atoms with Gasteiger partial charge in [-0.25, -0.2) is 9.97 Å². The van der Waals surface area contributed by atoms with Crippen LogP contribution in [0.5, 0.6) is 0 Å². The molecule has 2 aromatic heterocycles. The Balaban J connectivity index is 1.44. The summed E-state index contributed by atoms with van der Waals surface area (Å²) >= 11 is 6.39. The summed E-state index contributed by atoms with van der Waals surface area (Å²) in [6.45, 7) is 0. The van der Waals surface area contributed by atoms with Gasteiger partial charge in [0, 0.05) is 31.0 Å². The number of pyridine rings is 1. The summed E-state index contributed by atoms with van der Waals surface area (Å²) in [5, 5.41) is 9.79. The predicted molar refractivity (Wildman–Crippen MR) is 115 cm³/mol. The molecular weight excluding hydrogens is 402 g/mol. The fourth-order valence-corrected chi connectivity index (χ4v) is 4.23. The lowest BCUT2D eigenvalue weighted by molar-refractivity contribution is 0.0533. The number of hydrogen-bond acceptors (Lipinski definition) is 5. The number of benzene rings is 1. The van der Waals surface area contributed by atoms with Gasteiger partial charge in [0.25, 0.3) is 5.91 Å². The molecule has 2 N–H and O–H groups in total. The second-order valence-corrected chi connectivity index (χ2v) is 8.10. The van der Waals surface area contributed by atoms with Crippen molar-refractivity contribution in [3.05, 3.63) is 71.4 Å². The van der Waals surface area contributed by atoms with Crippen molar-refractivity contribution in [2.24, 2.45) is 0 Å². The number of H-pyrrole nitrogens is 1. The van der Waals surface area contributed by atoms with E-state index in [4.69, 9.17) is 16.3 Å². The molecule has 1 saturated carbocycles. The molecule has 3 unspecified atom stereocenters. The first-order valence-electron chi connectivity index (χ1n) is 10.0. The van der Waals surface area contributed by atoms with Crippen molar-refractivity contribution >= 4 is 23.3 Å². The lowest BCUT2D eigenvalue weighted by Crippen LogP contribution is -2.29. The Labute approximate surface area is 180 Å². The molecule has 156 valence electrons. The van der Waals surface area contributed by atoms with Crippen LogP contribution in [0, 0.1) is 0 Å². The maximum atomic E-state index is 12.6. The van der Waals surface area contributed by atoms with Crippen LogP contribution in [0.25, 0.3) is 0 Å². The van der Waals surface area contributed by atoms with Crippen LogP contribution < -0.4 is 5.32 Å². The molecule has 2 heterocycles. The molecule has 3 atom stereocenters. The maximum Gasteiger partial charge on any atom is 0.296 e. The minimum Gasteiger partial charge on any atom is -0.381 e. The van der Waals surface area contributed by atoms with Crippen LogP contribution >= 0.6 is 11.6 Å². The van der Waals surface area contributed by atoms with E-state index in [1.54, 1.807) is 13.3 Å². The standard InChI is InChI=1S/C22H24ClN5O2/c1-30-18-8-7-16(23)13-17(18)15-9-10-24-19(12-15)26-22(29)21-25-20(27-28-21)11-14-5-3-2-4-6-14/h2-6,9-10,12,16-18H,7-8,11,13H2,1H3,(H,24,26,29)(H,25,27,28). The lowest BCUT2D eigenvalue weighted by Gasteiger charge is -2.33. The molecule has 7 nitrogen and oxygen atoms in total. The molecular formula is C22H24ClN5O2. The minimum absolute atomic E-state index is 0.0846. The molecule has 1 aliphatic carbocycles. The van der Waals surface area contributed by atoms with Gasteiger partial charge in [0.05, 0.1) is 6.10 Å². The number of alkyl halides is 1. The third-order valence-electron chi connectivity index (χ3n) is 5.43. The van der Waals surface area contributed by atoms with Gasteiger partial charge in [-0.1, -0.05) is 30.3 Å². The van der Waals surface area contributed by atoms with Crippen LogP contribution in [0.1, 0.15) is 52.8 Å². The first-order valence-corrected chi connectivity index (χ1v) is 10.5. The number of methoxy groups -OCH3 is 1. The Kier molecular flexibility index (Phi) is 6.40. The summed E-state index contributed by atoms with van der Waals surface area (Å²) in [7, 11) is 1.73. The van der Waals surface area contributed by atoms with E-state index in [-0.39, 0.29) is 23.2 Å². The first-order chi connectivity index (χ1) is 14.6. The molecule has 0 bridgehead atoms. The third kappa shape index (κ3) is 4.86. The highest BCUT2D eigenvalue weighted by Crippen LogP contribution is 2.37. The van der Waals surface area contributed by atoms with Gasteiger partial charge in [-0.15, -0.1) is 16.7 Å². The number of carbonyl (C=O) groups excluding carboxylic acids is 1. The van der Waals surface area contributed by atoms with Crippen LogP contribution in [0.4, 0.5) is 5.82 Å². The smallest absolute Gasteiger partial charge is 0.296 e. The minimum atomic E-state index is -0.405. The molecule has 0 saturated heterocycles. The molecule has 1 aromatic carbocycles. The van der Waals surface area contributed by atoms with Gasteiger partial charge < -0.3 is 10.1 Å². The number of nitrogens with zero attached hydrogens (tertiary/aromatic N) is 3. The molecule has 3 aromatic rings. The van der Waals surface area contributed by atoms with Gasteiger partial charge in [0.1, 0.15) is 11.6 Å². The number of hydrogen-bond donors (Lipinski definition) is 2. The number of rotatable bonds is 6. The number of ether oxygens (including phenoxy) is 1. The average molecular weight is 426 g/mol. The molecule has 1 aliphatic rings. The van der Waals surface area contributed by atoms with Crippen molar-refractivity contribution in [3.8, 4) is 0 Å². The Bertz CT molecular complexity index is 994. The zero-order valence-electron chi connectivity index (χ0n) is 16.7. The maximum absolute atomic E-state index is 12.6. The topological polar surface area (TPSA) is 92.8 Å². The summed E-state index contributed by atoms with van der Waals surface area (Å²) in [4.78, 5) is 21.2. The lowest BCUT2D eigenvalue weighted by atomic mass is 9.81. The van der Waals surface area contributed by atoms with Crippen molar-refractivity contribution in [3.63, 3.8) is 0 Å². The van der Waals surface area contributed by atoms with Gasteiger partial charge in [-0.05, 0) is 42.5 Å². The summed E-state index contributed by atoms with van der Waals surface area (Å²) < 4.78 is 5.66. The fourth-order valence-electron chi connectivity index (χ4n) is 3.91. The molecule has 1 amide bonds. The van der Waals surface area contributed by atoms with Crippen LogP contribution in [-0.2, 0) is 11.2 Å². The van der Waals surface area contributed by atoms with E-state index >= 15 is 0 Å². The van der Waals surface area contributed by atoms with Crippen LogP contribution in [0.2, 0.25) is 0 Å². The van der Waals surface area contributed by atoms with E-state index in [9.17, 15) is 4.79 Å². The molecule has 4 rings (SSSR count). The first kappa shape index (κ1) is 20.5. The van der Waals surface area contributed by atoms with Crippen LogP contribution in [-0.4, -0.2) is 44.7 Å². The highest BCUT2D eigenvalue weighted by atomic mass is 35.5. The van der Waals surface area contributed by atoms with Crippen LogP contribution in [0.3, 0.4) is 0 Å². The number of aromatic amines is 1. The molecule has 0 radical (unpaired) electrons. The second-order valence-electron chi connectivity index (χ2n) is 7.49. The number of aromatic nitrogens is 4. The van der Waals surface area contributed by atoms with E-state index in [1.807, 2.05) is 42.5 Å². The molecule has 8 heteroatoms. The Hall–Kier alpha value is -2.77. The zero-order valence-corrected chi connectivity index (χ0v) is 17.5. The molecule has 0 aliphatic heterocycles. The monoisotopic (exact) mass is 425 g/mol. The highest BCUT2D eigenvalue weighted by molar-refractivity contribution is 6.20. The van der Waals surface area contributed by atoms with Crippen molar-refractivity contribution in [2.75, 3.05) is 12.4 Å². The number of halogens is 1. The normalized spacial score (nSPS) is 21.3. The molecule has 30 heavy (non-hydrogen) atoms. The number of carbonyl (C=O) groups is 1. The predicted octanol–water partition coefficient (Wildman–Crippen LogP) is 3.93. The summed E-state index contributed by atoms with van der Waals surface area (Å²) in [5.74, 6) is 0.939. The van der Waals surface area contributed by atoms with Gasteiger partial charge >= 0.3 is 0 Å². The van der Waals surface area contributed by atoms with Crippen molar-refractivity contribution in [1.82, 2.24) is 20.2 Å². The molecule has 1 fully saturated rings. The summed E-state index contributed by atoms with van der Waals surface area (Å²) in [5.41, 5.74) is 2.14. The average Bonchev–Trinajstić information content (AvgIpc) is 3.23. The Morgan fingerprint density at radius 3 is 2.90 bits per heavy atom. The number of nitrogens with one attached hydrogen (secondary N) is 2. The SMILES string of the molecule is COC1CCC(Cl)CC1c1ccnc(NC(=O)c2n[nH]c(Cc3ccccc3)n2)c1. The number of amides is 1. The van der Waals surface area contributed by atoms with Crippen LogP contribution in [0.15, 0.2) is 48.7 Å². The van der Waals surface area contributed by atoms with Gasteiger partial charge in [-0.2, -0.15) is 0 Å². The fraction of sp³-hybridized carbons (Fsp3) is 0.364. The largest absolute Gasteiger partial charge is 0.381 e. The van der Waals surface area contributed by atoms with Crippen molar-refractivity contribution in [2.45, 2.75) is 43.1 Å². The highest BCUT2D eigenvalue weighted by Gasteiger charge is 2.31. The van der Waals surface area contributed by atoms with Crippen molar-refractivity contribution < 1.29 is 9.53 Å². The van der Waals surface area contributed by atoms with Gasteiger partial charge in [0.2, 0.25) is 5.82 Å².